The molecule has 1 aliphatic heterocycles. The van der Waals surface area contributed by atoms with Crippen LogP contribution >= 0.6 is 46.7 Å². The van der Waals surface area contributed by atoms with Crippen LogP contribution in [0.1, 0.15) is 10.1 Å². The lowest BCUT2D eigenvalue weighted by Crippen LogP contribution is -2.09. The molecule has 0 bridgehead atoms. The molecule has 1 heterocycles. The summed E-state index contributed by atoms with van der Waals surface area (Å²) in [6, 6.07) is 13.6. The van der Waals surface area contributed by atoms with Crippen molar-refractivity contribution in [1.29, 1.82) is 0 Å². The monoisotopic (exact) mass is 386 g/mol. The Bertz CT molecular complexity index is 644. The van der Waals surface area contributed by atoms with E-state index in [1.807, 2.05) is 41.7 Å². The largest absolute Gasteiger partial charge is 0.490 e. The molecule has 0 atom stereocenters. The van der Waals surface area contributed by atoms with Crippen LogP contribution < -0.4 is 9.47 Å². The molecule has 1 fully saturated rings. The average molecular weight is 387 g/mol. The fraction of sp³-hybridized carbons (Fsp3) is 0.294. The van der Waals surface area contributed by atoms with Crippen molar-refractivity contribution in [2.75, 3.05) is 24.7 Å². The molecule has 1 saturated heterocycles. The van der Waals surface area contributed by atoms with E-state index in [0.29, 0.717) is 33.6 Å². The highest BCUT2D eigenvalue weighted by atomic mass is 35.5. The molecule has 0 aromatic heterocycles. The summed E-state index contributed by atoms with van der Waals surface area (Å²) in [7, 11) is 0. The zero-order valence-corrected chi connectivity index (χ0v) is 15.5. The zero-order chi connectivity index (χ0) is 16.1. The standard InChI is InChI=1S/C17H16Cl2O2S2/c18-14-2-1-3-15(16(14)19)21-9-8-20-13-6-4-12(5-7-13)17-22-10-11-23-17/h1-7,17H,8-11H2. The van der Waals surface area contributed by atoms with Gasteiger partial charge in [0.15, 0.2) is 0 Å². The number of hydrogen-bond acceptors (Lipinski definition) is 4. The molecule has 0 spiro atoms. The van der Waals surface area contributed by atoms with E-state index in [-0.39, 0.29) is 0 Å². The van der Waals surface area contributed by atoms with Gasteiger partial charge in [0.2, 0.25) is 0 Å². The maximum atomic E-state index is 6.07. The molecule has 1 aliphatic rings. The lowest BCUT2D eigenvalue weighted by molar-refractivity contribution is 0.217. The van der Waals surface area contributed by atoms with Gasteiger partial charge in [-0.3, -0.25) is 0 Å². The van der Waals surface area contributed by atoms with Gasteiger partial charge in [0.25, 0.3) is 0 Å². The molecular formula is C17H16Cl2O2S2. The molecule has 23 heavy (non-hydrogen) atoms. The van der Waals surface area contributed by atoms with E-state index in [1.54, 1.807) is 12.1 Å². The zero-order valence-electron chi connectivity index (χ0n) is 12.3. The topological polar surface area (TPSA) is 18.5 Å². The first kappa shape index (κ1) is 17.2. The fourth-order valence-corrected chi connectivity index (χ4v) is 5.38. The Morgan fingerprint density at radius 1 is 0.913 bits per heavy atom. The van der Waals surface area contributed by atoms with E-state index in [2.05, 4.69) is 12.1 Å². The molecule has 2 nitrogen and oxygen atoms in total. The van der Waals surface area contributed by atoms with Gasteiger partial charge in [-0.1, -0.05) is 41.4 Å². The highest BCUT2D eigenvalue weighted by Gasteiger charge is 2.17. The Kier molecular flexibility index (Phi) is 6.29. The van der Waals surface area contributed by atoms with Crippen molar-refractivity contribution in [3.05, 3.63) is 58.1 Å². The normalized spacial score (nSPS) is 14.9. The van der Waals surface area contributed by atoms with Crippen LogP contribution in [-0.4, -0.2) is 24.7 Å². The first-order valence-electron chi connectivity index (χ1n) is 7.27. The summed E-state index contributed by atoms with van der Waals surface area (Å²) in [5.74, 6) is 3.89. The van der Waals surface area contributed by atoms with Crippen LogP contribution in [0.15, 0.2) is 42.5 Å². The van der Waals surface area contributed by atoms with Gasteiger partial charge in [0, 0.05) is 11.5 Å². The molecule has 0 unspecified atom stereocenters. The minimum Gasteiger partial charge on any atom is -0.490 e. The predicted molar refractivity (Wildman–Crippen MR) is 102 cm³/mol. The van der Waals surface area contributed by atoms with Crippen molar-refractivity contribution in [2.45, 2.75) is 4.58 Å². The van der Waals surface area contributed by atoms with Crippen molar-refractivity contribution < 1.29 is 9.47 Å². The van der Waals surface area contributed by atoms with Gasteiger partial charge < -0.3 is 9.47 Å². The number of rotatable bonds is 6. The SMILES string of the molecule is Clc1cccc(OCCOc2ccc(C3SCCS3)cc2)c1Cl. The number of benzene rings is 2. The van der Waals surface area contributed by atoms with Crippen molar-refractivity contribution in [2.24, 2.45) is 0 Å². The third-order valence-electron chi connectivity index (χ3n) is 3.30. The Hall–Kier alpha value is -0.680. The van der Waals surface area contributed by atoms with Crippen molar-refractivity contribution in [3.8, 4) is 11.5 Å². The van der Waals surface area contributed by atoms with Crippen LogP contribution in [0.2, 0.25) is 10.0 Å². The molecule has 2 aromatic carbocycles. The maximum Gasteiger partial charge on any atom is 0.139 e. The van der Waals surface area contributed by atoms with E-state index in [1.165, 1.54) is 17.1 Å². The van der Waals surface area contributed by atoms with E-state index in [0.717, 1.165) is 5.75 Å². The van der Waals surface area contributed by atoms with Crippen molar-refractivity contribution in [3.63, 3.8) is 0 Å². The van der Waals surface area contributed by atoms with Crippen LogP contribution in [0.4, 0.5) is 0 Å². The van der Waals surface area contributed by atoms with E-state index < -0.39 is 0 Å². The number of ether oxygens (including phenoxy) is 2. The summed E-state index contributed by atoms with van der Waals surface area (Å²) in [5.41, 5.74) is 1.35. The fourth-order valence-electron chi connectivity index (χ4n) is 2.18. The summed E-state index contributed by atoms with van der Waals surface area (Å²) < 4.78 is 11.9. The highest BCUT2D eigenvalue weighted by molar-refractivity contribution is 8.19. The van der Waals surface area contributed by atoms with Gasteiger partial charge >= 0.3 is 0 Å². The molecule has 0 saturated carbocycles. The van der Waals surface area contributed by atoms with Crippen molar-refractivity contribution >= 4 is 46.7 Å². The van der Waals surface area contributed by atoms with E-state index >= 15 is 0 Å². The third-order valence-corrected chi connectivity index (χ3v) is 7.21. The molecule has 0 amide bonds. The summed E-state index contributed by atoms with van der Waals surface area (Å²) >= 11 is 16.0. The van der Waals surface area contributed by atoms with Crippen LogP contribution in [-0.2, 0) is 0 Å². The Labute approximate surface area is 154 Å². The second kappa shape index (κ2) is 8.43. The Morgan fingerprint density at radius 2 is 1.61 bits per heavy atom. The molecule has 122 valence electrons. The van der Waals surface area contributed by atoms with Crippen molar-refractivity contribution in [1.82, 2.24) is 0 Å². The van der Waals surface area contributed by atoms with E-state index in [9.17, 15) is 0 Å². The minimum absolute atomic E-state index is 0.413. The summed E-state index contributed by atoms with van der Waals surface area (Å²) in [5, 5.41) is 0.924. The van der Waals surface area contributed by atoms with Gasteiger partial charge in [0.1, 0.15) is 29.7 Å². The van der Waals surface area contributed by atoms with Gasteiger partial charge in [-0.2, -0.15) is 0 Å². The van der Waals surface area contributed by atoms with Crippen LogP contribution in [0.5, 0.6) is 11.5 Å². The van der Waals surface area contributed by atoms with Crippen LogP contribution in [0.3, 0.4) is 0 Å². The summed E-state index contributed by atoms with van der Waals surface area (Å²) in [6.07, 6.45) is 0. The molecule has 3 rings (SSSR count). The van der Waals surface area contributed by atoms with Crippen LogP contribution in [0, 0.1) is 0 Å². The lowest BCUT2D eigenvalue weighted by atomic mass is 10.2. The Balaban J connectivity index is 1.46. The lowest BCUT2D eigenvalue weighted by Gasteiger charge is -2.11. The van der Waals surface area contributed by atoms with Gasteiger partial charge in [-0.25, -0.2) is 0 Å². The van der Waals surface area contributed by atoms with Gasteiger partial charge in [-0.05, 0) is 29.8 Å². The second-order valence-corrected chi connectivity index (χ2v) is 8.40. The number of hydrogen-bond donors (Lipinski definition) is 0. The number of halogens is 2. The molecule has 2 aromatic rings. The first-order chi connectivity index (χ1) is 11.2. The minimum atomic E-state index is 0.413. The molecule has 0 aliphatic carbocycles. The molecule has 0 radical (unpaired) electrons. The summed E-state index contributed by atoms with van der Waals surface area (Å²) in [6.45, 7) is 0.866. The van der Waals surface area contributed by atoms with Gasteiger partial charge in [-0.15, -0.1) is 23.5 Å². The maximum absolute atomic E-state index is 6.07. The molecule has 6 heteroatoms. The quantitative estimate of drug-likeness (QED) is 0.572. The molecule has 0 N–H and O–H groups in total. The smallest absolute Gasteiger partial charge is 0.139 e. The number of thioether (sulfide) groups is 2. The Morgan fingerprint density at radius 3 is 2.35 bits per heavy atom. The van der Waals surface area contributed by atoms with Crippen LogP contribution in [0.25, 0.3) is 0 Å². The first-order valence-corrected chi connectivity index (χ1v) is 10.1. The van der Waals surface area contributed by atoms with Gasteiger partial charge in [0.05, 0.1) is 9.60 Å². The van der Waals surface area contributed by atoms with E-state index in [4.69, 9.17) is 32.7 Å². The third kappa shape index (κ3) is 4.66. The highest BCUT2D eigenvalue weighted by Crippen LogP contribution is 2.45. The predicted octanol–water partition coefficient (Wildman–Crippen LogP) is 5.93. The second-order valence-electron chi connectivity index (χ2n) is 4.89. The average Bonchev–Trinajstić information content (AvgIpc) is 3.10. The summed E-state index contributed by atoms with van der Waals surface area (Å²) in [4.78, 5) is 0. The molecular weight excluding hydrogens is 371 g/mol.